The molecule has 0 aliphatic heterocycles. The van der Waals surface area contributed by atoms with E-state index in [-0.39, 0.29) is 40.7 Å². The van der Waals surface area contributed by atoms with Crippen LogP contribution in [0.15, 0.2) is 11.6 Å². The molecule has 3 saturated carbocycles. The number of ether oxygens (including phenoxy) is 1. The van der Waals surface area contributed by atoms with Crippen molar-refractivity contribution in [3.05, 3.63) is 11.6 Å². The maximum Gasteiger partial charge on any atom is 0.302 e. The van der Waals surface area contributed by atoms with Gasteiger partial charge in [-0.25, -0.2) is 0 Å². The van der Waals surface area contributed by atoms with Gasteiger partial charge in [0.05, 0.1) is 6.10 Å². The topological polar surface area (TPSA) is 63.6 Å². The number of hydrogen-bond acceptors (Lipinski definition) is 4. The first-order valence-electron chi connectivity index (χ1n) is 9.86. The van der Waals surface area contributed by atoms with Crippen LogP contribution in [0.3, 0.4) is 0 Å². The molecular formula is C21H30O4. The fraction of sp³-hybridized carbons (Fsp3) is 0.810. The Kier molecular flexibility index (Phi) is 3.91. The summed E-state index contributed by atoms with van der Waals surface area (Å²) in [5, 5.41) is 10.5. The lowest BCUT2D eigenvalue weighted by Crippen LogP contribution is -2.54. The normalized spacial score (nSPS) is 48.9. The van der Waals surface area contributed by atoms with Gasteiger partial charge in [0, 0.05) is 19.3 Å². The summed E-state index contributed by atoms with van der Waals surface area (Å²) < 4.78 is 5.43. The Balaban J connectivity index is 1.65. The van der Waals surface area contributed by atoms with Gasteiger partial charge in [-0.2, -0.15) is 0 Å². The molecule has 4 heteroatoms. The molecule has 0 amide bonds. The highest BCUT2D eigenvalue weighted by molar-refractivity contribution is 5.94. The van der Waals surface area contributed by atoms with Gasteiger partial charge in [0.2, 0.25) is 0 Å². The van der Waals surface area contributed by atoms with Gasteiger partial charge in [-0.05, 0) is 67.3 Å². The Morgan fingerprint density at radius 1 is 1.16 bits per heavy atom. The van der Waals surface area contributed by atoms with Crippen molar-refractivity contribution < 1.29 is 19.4 Å². The second kappa shape index (κ2) is 5.67. The lowest BCUT2D eigenvalue weighted by molar-refractivity contribution is -0.149. The first-order valence-corrected chi connectivity index (χ1v) is 9.86. The third-order valence-corrected chi connectivity index (χ3v) is 8.18. The summed E-state index contributed by atoms with van der Waals surface area (Å²) in [6.07, 6.45) is 7.96. The van der Waals surface area contributed by atoms with Crippen molar-refractivity contribution in [2.45, 2.75) is 77.9 Å². The highest BCUT2D eigenvalue weighted by atomic mass is 16.5. The molecule has 138 valence electrons. The molecule has 3 fully saturated rings. The SMILES string of the molecule is CC(=O)OC1CC[C@@]2(C)C(=CC(=O)[C@H]3[C@@H]4CC[C@H](O)[C@@]4(C)CC[C@@H]32)C1. The highest BCUT2D eigenvalue weighted by Crippen LogP contribution is 2.64. The van der Waals surface area contributed by atoms with Crippen LogP contribution in [0.1, 0.15) is 65.7 Å². The summed E-state index contributed by atoms with van der Waals surface area (Å²) in [7, 11) is 0. The number of carbonyl (C=O) groups excluding carboxylic acids is 2. The van der Waals surface area contributed by atoms with Crippen LogP contribution in [0.25, 0.3) is 0 Å². The minimum atomic E-state index is -0.260. The molecule has 4 nitrogen and oxygen atoms in total. The van der Waals surface area contributed by atoms with E-state index < -0.39 is 0 Å². The number of fused-ring (bicyclic) bond motifs is 5. The van der Waals surface area contributed by atoms with Crippen molar-refractivity contribution in [2.75, 3.05) is 0 Å². The summed E-state index contributed by atoms with van der Waals surface area (Å²) in [5.41, 5.74) is 1.15. The van der Waals surface area contributed by atoms with Gasteiger partial charge >= 0.3 is 5.97 Å². The molecule has 0 saturated heterocycles. The third-order valence-electron chi connectivity index (χ3n) is 8.18. The zero-order valence-corrected chi connectivity index (χ0v) is 15.6. The molecule has 0 radical (unpaired) electrons. The maximum absolute atomic E-state index is 13.1. The van der Waals surface area contributed by atoms with Gasteiger partial charge < -0.3 is 9.84 Å². The Bertz CT molecular complexity index is 638. The zero-order valence-electron chi connectivity index (χ0n) is 15.6. The van der Waals surface area contributed by atoms with Gasteiger partial charge in [-0.1, -0.05) is 19.4 Å². The van der Waals surface area contributed by atoms with Crippen LogP contribution in [-0.4, -0.2) is 29.1 Å². The second-order valence-electron chi connectivity index (χ2n) is 9.34. The molecule has 25 heavy (non-hydrogen) atoms. The van der Waals surface area contributed by atoms with Crippen molar-refractivity contribution in [1.82, 2.24) is 0 Å². The van der Waals surface area contributed by atoms with Crippen LogP contribution in [0, 0.1) is 28.6 Å². The smallest absolute Gasteiger partial charge is 0.302 e. The Labute approximate surface area is 150 Å². The van der Waals surface area contributed by atoms with Crippen molar-refractivity contribution in [1.29, 1.82) is 0 Å². The third kappa shape index (κ3) is 2.43. The quantitative estimate of drug-likeness (QED) is 0.739. The predicted octanol–water partition coefficient (Wildman–Crippen LogP) is 3.42. The van der Waals surface area contributed by atoms with E-state index >= 15 is 0 Å². The Hall–Kier alpha value is -1.16. The van der Waals surface area contributed by atoms with E-state index in [0.717, 1.165) is 38.5 Å². The highest BCUT2D eigenvalue weighted by Gasteiger charge is 2.60. The van der Waals surface area contributed by atoms with Gasteiger partial charge in [-0.15, -0.1) is 0 Å². The molecule has 0 aromatic rings. The summed E-state index contributed by atoms with van der Waals surface area (Å²) in [5.74, 6) is 0.778. The average molecular weight is 346 g/mol. The number of aliphatic hydroxyl groups excluding tert-OH is 1. The average Bonchev–Trinajstić information content (AvgIpc) is 2.84. The lowest BCUT2D eigenvalue weighted by Gasteiger charge is -2.56. The Morgan fingerprint density at radius 3 is 2.64 bits per heavy atom. The van der Waals surface area contributed by atoms with Gasteiger partial charge in [-0.3, -0.25) is 9.59 Å². The molecule has 4 aliphatic carbocycles. The van der Waals surface area contributed by atoms with Gasteiger partial charge in [0.1, 0.15) is 6.10 Å². The number of rotatable bonds is 1. The molecule has 0 heterocycles. The minimum Gasteiger partial charge on any atom is -0.462 e. The summed E-state index contributed by atoms with van der Waals surface area (Å²) in [6.45, 7) is 5.97. The molecule has 0 spiro atoms. The number of hydrogen-bond donors (Lipinski definition) is 1. The minimum absolute atomic E-state index is 0.0457. The number of allylic oxidation sites excluding steroid dienone is 1. The number of aliphatic hydroxyl groups is 1. The number of ketones is 1. The van der Waals surface area contributed by atoms with Crippen molar-refractivity contribution in [3.8, 4) is 0 Å². The fourth-order valence-electron chi connectivity index (χ4n) is 6.68. The van der Waals surface area contributed by atoms with Gasteiger partial charge in [0.15, 0.2) is 5.78 Å². The predicted molar refractivity (Wildman–Crippen MR) is 93.7 cm³/mol. The van der Waals surface area contributed by atoms with Gasteiger partial charge in [0.25, 0.3) is 0 Å². The zero-order chi connectivity index (χ0) is 18.0. The van der Waals surface area contributed by atoms with Crippen molar-refractivity contribution in [2.24, 2.45) is 28.6 Å². The number of esters is 1. The summed E-state index contributed by atoms with van der Waals surface area (Å²) in [4.78, 5) is 24.4. The first-order chi connectivity index (χ1) is 11.8. The molecule has 1 N–H and O–H groups in total. The van der Waals surface area contributed by atoms with E-state index in [9.17, 15) is 14.7 Å². The van der Waals surface area contributed by atoms with E-state index in [1.807, 2.05) is 6.08 Å². The molecule has 0 bridgehead atoms. The van der Waals surface area contributed by atoms with Crippen LogP contribution < -0.4 is 0 Å². The van der Waals surface area contributed by atoms with E-state index in [0.29, 0.717) is 18.3 Å². The van der Waals surface area contributed by atoms with Crippen molar-refractivity contribution >= 4 is 11.8 Å². The van der Waals surface area contributed by atoms with Crippen LogP contribution in [0.2, 0.25) is 0 Å². The summed E-state index contributed by atoms with van der Waals surface area (Å²) in [6, 6.07) is 0. The molecule has 4 rings (SSSR count). The lowest BCUT2D eigenvalue weighted by atomic mass is 9.47. The number of carbonyl (C=O) groups is 2. The molecule has 1 unspecified atom stereocenters. The van der Waals surface area contributed by atoms with Crippen LogP contribution in [-0.2, 0) is 14.3 Å². The monoisotopic (exact) mass is 346 g/mol. The fourth-order valence-corrected chi connectivity index (χ4v) is 6.68. The largest absolute Gasteiger partial charge is 0.462 e. The summed E-state index contributed by atoms with van der Waals surface area (Å²) >= 11 is 0. The molecular weight excluding hydrogens is 316 g/mol. The van der Waals surface area contributed by atoms with Crippen LogP contribution in [0.4, 0.5) is 0 Å². The molecule has 4 aliphatic rings. The second-order valence-corrected chi connectivity index (χ2v) is 9.34. The molecule has 0 aromatic carbocycles. The first kappa shape index (κ1) is 17.3. The van der Waals surface area contributed by atoms with Crippen molar-refractivity contribution in [3.63, 3.8) is 0 Å². The molecule has 7 atom stereocenters. The Morgan fingerprint density at radius 2 is 1.92 bits per heavy atom. The van der Waals surface area contributed by atoms with E-state index in [2.05, 4.69) is 13.8 Å². The van der Waals surface area contributed by atoms with Crippen LogP contribution in [0.5, 0.6) is 0 Å². The van der Waals surface area contributed by atoms with Crippen LogP contribution >= 0.6 is 0 Å². The van der Waals surface area contributed by atoms with E-state index in [1.165, 1.54) is 12.5 Å². The van der Waals surface area contributed by atoms with E-state index in [1.54, 1.807) is 0 Å². The van der Waals surface area contributed by atoms with E-state index in [4.69, 9.17) is 4.74 Å². The molecule has 0 aromatic heterocycles. The maximum atomic E-state index is 13.1. The standard InChI is InChI=1S/C21H30O4/c1-12(22)25-14-6-8-20(2)13(10-14)11-17(23)19-15-4-5-18(24)21(15,3)9-7-16(19)20/h11,14-16,18-19,24H,4-10H2,1-3H3/t14?,15-,16-,18-,19-,20-,21-/m0/s1.